The molecule has 2 atom stereocenters. The maximum atomic E-state index is 5.81. The van der Waals surface area contributed by atoms with Gasteiger partial charge >= 0.3 is 0 Å². The average Bonchev–Trinajstić information content (AvgIpc) is 2.39. The number of hydrogen-bond acceptors (Lipinski definition) is 1. The average molecular weight is 331 g/mol. The Labute approximate surface area is 133 Å². The number of hydrogen-bond donors (Lipinski definition) is 0. The third kappa shape index (κ3) is 3.33. The lowest BCUT2D eigenvalue weighted by molar-refractivity contribution is 0.00907. The van der Waals surface area contributed by atoms with E-state index >= 15 is 0 Å². The molecule has 120 valence electrons. The molecule has 20 heavy (non-hydrogen) atoms. The van der Waals surface area contributed by atoms with Crippen LogP contribution in [0.15, 0.2) is 0 Å². The fourth-order valence-electron chi connectivity index (χ4n) is 4.17. The Kier molecular flexibility index (Phi) is 6.34. The Bertz CT molecular complexity index is 307. The third-order valence-electron chi connectivity index (χ3n) is 7.42. The molecule has 1 saturated heterocycles. The summed E-state index contributed by atoms with van der Waals surface area (Å²) in [5.74, 6) is 0.814. The second kappa shape index (κ2) is 6.80. The van der Waals surface area contributed by atoms with E-state index in [1.807, 2.05) is 0 Å². The third-order valence-corrected chi connectivity index (χ3v) is 29.0. The van der Waals surface area contributed by atoms with E-state index in [1.165, 1.54) is 18.9 Å². The van der Waals surface area contributed by atoms with Crippen molar-refractivity contribution in [1.29, 1.82) is 0 Å². The van der Waals surface area contributed by atoms with Gasteiger partial charge in [0.05, 0.1) is 0 Å². The summed E-state index contributed by atoms with van der Waals surface area (Å²) < 4.78 is 5.81. The van der Waals surface area contributed by atoms with E-state index in [4.69, 9.17) is 4.43 Å². The zero-order valence-corrected chi connectivity index (χ0v) is 19.3. The van der Waals surface area contributed by atoms with Crippen LogP contribution < -0.4 is 0 Å². The van der Waals surface area contributed by atoms with E-state index in [2.05, 4.69) is 55.4 Å². The van der Waals surface area contributed by atoms with Crippen molar-refractivity contribution in [3.8, 4) is 0 Å². The largest absolute Gasteiger partial charge is 0.428 e. The van der Waals surface area contributed by atoms with Gasteiger partial charge in [0.25, 0.3) is 0 Å². The molecule has 1 heterocycles. The second-order valence-electron chi connectivity index (χ2n) is 8.64. The Morgan fingerprint density at radius 3 is 2.20 bits per heavy atom. The standard InChI is InChI=1S/C16H38OSi3/c1-9-10-13(2)14(3,4)15(5,6)16(7,8)20-12-11-17-18-19-20/h13,20H,9-12,18-19H2,1-8H3. The lowest BCUT2D eigenvalue weighted by atomic mass is 9.56. The fraction of sp³-hybridized carbons (Fsp3) is 1.00. The maximum absolute atomic E-state index is 5.81. The van der Waals surface area contributed by atoms with Gasteiger partial charge in [-0.05, 0) is 27.8 Å². The van der Waals surface area contributed by atoms with Crippen molar-refractivity contribution >= 4 is 26.1 Å². The van der Waals surface area contributed by atoms with E-state index in [9.17, 15) is 0 Å². The number of rotatable bonds is 6. The van der Waals surface area contributed by atoms with Crippen LogP contribution in [-0.4, -0.2) is 32.8 Å². The summed E-state index contributed by atoms with van der Waals surface area (Å²) in [5, 5.41) is 0.585. The van der Waals surface area contributed by atoms with Gasteiger partial charge in [-0.2, -0.15) is 0 Å². The summed E-state index contributed by atoms with van der Waals surface area (Å²) in [6.07, 6.45) is 2.69. The Hall–Kier alpha value is 0.611. The molecule has 0 amide bonds. The van der Waals surface area contributed by atoms with Crippen molar-refractivity contribution in [2.75, 3.05) is 6.61 Å². The first kappa shape index (κ1) is 18.7. The van der Waals surface area contributed by atoms with Gasteiger partial charge in [0.2, 0.25) is 0 Å². The van der Waals surface area contributed by atoms with Crippen LogP contribution in [0.25, 0.3) is 0 Å². The first-order chi connectivity index (χ1) is 9.09. The molecule has 0 radical (unpaired) electrons. The molecular weight excluding hydrogens is 292 g/mol. The van der Waals surface area contributed by atoms with Crippen LogP contribution in [0, 0.1) is 16.7 Å². The minimum atomic E-state index is -0.546. The van der Waals surface area contributed by atoms with Crippen LogP contribution in [0.3, 0.4) is 0 Å². The van der Waals surface area contributed by atoms with Crippen LogP contribution in [0.2, 0.25) is 11.1 Å². The molecule has 1 rings (SSSR count). The molecule has 0 N–H and O–H groups in total. The minimum Gasteiger partial charge on any atom is -0.428 e. The minimum absolute atomic E-state index is 0.0489. The highest BCUT2D eigenvalue weighted by Gasteiger charge is 2.53. The summed E-state index contributed by atoms with van der Waals surface area (Å²) in [4.78, 5) is 0. The molecule has 4 heteroatoms. The van der Waals surface area contributed by atoms with Gasteiger partial charge in [0.15, 0.2) is 0 Å². The lowest BCUT2D eigenvalue weighted by Crippen LogP contribution is -2.54. The van der Waals surface area contributed by atoms with Gasteiger partial charge in [-0.1, -0.05) is 68.2 Å². The SMILES string of the molecule is CCCC(C)C(C)(C)C(C)(C)C(C)(C)[SiH]1CCO[SiH2][SiH2]1. The van der Waals surface area contributed by atoms with Gasteiger partial charge in [-0.25, -0.2) is 0 Å². The van der Waals surface area contributed by atoms with E-state index in [0.717, 1.165) is 12.5 Å². The van der Waals surface area contributed by atoms with E-state index in [0.29, 0.717) is 15.9 Å². The Morgan fingerprint density at radius 1 is 1.15 bits per heavy atom. The first-order valence-electron chi connectivity index (χ1n) is 8.66. The normalized spacial score (nSPS) is 26.1. The summed E-state index contributed by atoms with van der Waals surface area (Å²) in [6, 6.07) is 1.47. The summed E-state index contributed by atoms with van der Waals surface area (Å²) in [6.45, 7) is 21.4. The molecule has 1 fully saturated rings. The Balaban J connectivity index is 2.99. The van der Waals surface area contributed by atoms with Gasteiger partial charge in [0, 0.05) is 23.5 Å². The molecule has 0 aliphatic carbocycles. The topological polar surface area (TPSA) is 9.23 Å². The van der Waals surface area contributed by atoms with E-state index < -0.39 is 8.31 Å². The molecule has 0 spiro atoms. The molecule has 0 saturated carbocycles. The van der Waals surface area contributed by atoms with Crippen molar-refractivity contribution in [2.45, 2.75) is 79.3 Å². The van der Waals surface area contributed by atoms with E-state index in [1.54, 1.807) is 0 Å². The van der Waals surface area contributed by atoms with Crippen molar-refractivity contribution < 1.29 is 4.43 Å². The van der Waals surface area contributed by atoms with Crippen LogP contribution in [0.4, 0.5) is 0 Å². The van der Waals surface area contributed by atoms with Crippen LogP contribution in [-0.2, 0) is 4.43 Å². The summed E-state index contributed by atoms with van der Waals surface area (Å²) in [5.41, 5.74) is 0.859. The molecule has 1 aliphatic rings. The molecule has 1 nitrogen and oxygen atoms in total. The van der Waals surface area contributed by atoms with Gasteiger partial charge in [-0.3, -0.25) is 0 Å². The molecule has 2 unspecified atom stereocenters. The van der Waals surface area contributed by atoms with Crippen molar-refractivity contribution in [3.05, 3.63) is 0 Å². The summed E-state index contributed by atoms with van der Waals surface area (Å²) in [7, 11) is -0.394. The fourth-order valence-corrected chi connectivity index (χ4v) is 29.1. The van der Waals surface area contributed by atoms with Gasteiger partial charge in [0.1, 0.15) is 9.28 Å². The zero-order chi connectivity index (χ0) is 15.6. The van der Waals surface area contributed by atoms with Gasteiger partial charge < -0.3 is 4.43 Å². The highest BCUT2D eigenvalue weighted by molar-refractivity contribution is 7.35. The Morgan fingerprint density at radius 2 is 1.75 bits per heavy atom. The molecule has 1 aliphatic heterocycles. The molecule has 0 aromatic rings. The molecule has 0 bridgehead atoms. The maximum Gasteiger partial charge on any atom is 0.140 e. The van der Waals surface area contributed by atoms with Crippen LogP contribution >= 0.6 is 0 Å². The molecule has 0 aromatic carbocycles. The molecular formula is C16H38OSi3. The summed E-state index contributed by atoms with van der Waals surface area (Å²) >= 11 is 0. The monoisotopic (exact) mass is 330 g/mol. The lowest BCUT2D eigenvalue weighted by Gasteiger charge is -2.58. The highest BCUT2D eigenvalue weighted by Crippen LogP contribution is 2.60. The van der Waals surface area contributed by atoms with Crippen LogP contribution in [0.1, 0.15) is 68.2 Å². The van der Waals surface area contributed by atoms with Crippen molar-refractivity contribution in [1.82, 2.24) is 0 Å². The quantitative estimate of drug-likeness (QED) is 0.680. The van der Waals surface area contributed by atoms with Crippen molar-refractivity contribution in [2.24, 2.45) is 16.7 Å². The first-order valence-corrected chi connectivity index (χ1v) is 17.9. The van der Waals surface area contributed by atoms with Crippen LogP contribution in [0.5, 0.6) is 0 Å². The predicted octanol–water partition coefficient (Wildman–Crippen LogP) is 3.18. The zero-order valence-electron chi connectivity index (χ0n) is 15.3. The molecule has 0 aromatic heterocycles. The van der Waals surface area contributed by atoms with Crippen molar-refractivity contribution in [3.63, 3.8) is 0 Å². The predicted molar refractivity (Wildman–Crippen MR) is 101 cm³/mol. The van der Waals surface area contributed by atoms with E-state index in [-0.39, 0.29) is 17.8 Å². The van der Waals surface area contributed by atoms with Gasteiger partial charge in [-0.15, -0.1) is 0 Å². The highest BCUT2D eigenvalue weighted by atomic mass is 29.5. The second-order valence-corrected chi connectivity index (χ2v) is 24.6. The smallest absolute Gasteiger partial charge is 0.140 e.